The summed E-state index contributed by atoms with van der Waals surface area (Å²) in [6.07, 6.45) is 6.85. The minimum Gasteiger partial charge on any atom is -0.467 e. The third-order valence-electron chi connectivity index (χ3n) is 4.28. The third-order valence-corrected chi connectivity index (χ3v) is 4.28. The highest BCUT2D eigenvalue weighted by Gasteiger charge is 2.05. The fraction of sp³-hybridized carbons (Fsp3) is 0.136. The van der Waals surface area contributed by atoms with Gasteiger partial charge in [-0.05, 0) is 47.5 Å². The van der Waals surface area contributed by atoms with E-state index in [1.807, 2.05) is 60.8 Å². The Balaban J connectivity index is 1.24. The molecular formula is C22H21N5O3. The van der Waals surface area contributed by atoms with Gasteiger partial charge in [0.2, 0.25) is 0 Å². The van der Waals surface area contributed by atoms with Crippen molar-refractivity contribution in [3.63, 3.8) is 0 Å². The van der Waals surface area contributed by atoms with Gasteiger partial charge in [0, 0.05) is 30.8 Å². The quantitative estimate of drug-likeness (QED) is 0.465. The van der Waals surface area contributed by atoms with Crippen LogP contribution in [0.25, 0.3) is 5.82 Å². The Morgan fingerprint density at radius 1 is 1.07 bits per heavy atom. The molecule has 152 valence electrons. The summed E-state index contributed by atoms with van der Waals surface area (Å²) in [6, 6.07) is 16.5. The topological polar surface area (TPSA) is 94.2 Å². The van der Waals surface area contributed by atoms with Crippen LogP contribution in [0.1, 0.15) is 16.9 Å². The van der Waals surface area contributed by atoms with E-state index in [2.05, 4.69) is 20.7 Å². The monoisotopic (exact) mass is 403 g/mol. The number of hydrogen-bond acceptors (Lipinski definition) is 5. The van der Waals surface area contributed by atoms with Crippen molar-refractivity contribution in [1.82, 2.24) is 20.1 Å². The standard InChI is InChI=1S/C22H21N5O3/c28-22(24-14-18-7-8-21(23-13-18)27-10-3-9-25-27)26-19-5-1-4-17(12-19)15-29-16-20-6-2-11-30-20/h1-13H,14-16H2,(H2,24,26,28). The van der Waals surface area contributed by atoms with Gasteiger partial charge in [0.15, 0.2) is 5.82 Å². The third kappa shape index (κ3) is 5.33. The molecule has 4 aromatic rings. The largest absolute Gasteiger partial charge is 0.467 e. The first-order valence-electron chi connectivity index (χ1n) is 9.45. The summed E-state index contributed by atoms with van der Waals surface area (Å²) < 4.78 is 12.5. The number of carbonyl (C=O) groups excluding carboxylic acids is 1. The molecule has 8 nitrogen and oxygen atoms in total. The molecule has 1 aromatic carbocycles. The lowest BCUT2D eigenvalue weighted by Crippen LogP contribution is -2.28. The lowest BCUT2D eigenvalue weighted by Gasteiger charge is -2.10. The number of anilines is 1. The molecular weight excluding hydrogens is 382 g/mol. The molecule has 3 heterocycles. The van der Waals surface area contributed by atoms with Gasteiger partial charge in [0.1, 0.15) is 12.4 Å². The maximum atomic E-state index is 12.2. The Morgan fingerprint density at radius 3 is 2.80 bits per heavy atom. The van der Waals surface area contributed by atoms with E-state index in [1.165, 1.54) is 0 Å². The number of furan rings is 1. The first kappa shape index (κ1) is 19.4. The van der Waals surface area contributed by atoms with Crippen LogP contribution in [-0.4, -0.2) is 20.8 Å². The first-order valence-corrected chi connectivity index (χ1v) is 9.45. The first-order chi connectivity index (χ1) is 14.8. The number of aromatic nitrogens is 3. The van der Waals surface area contributed by atoms with Gasteiger partial charge in [0.25, 0.3) is 0 Å². The summed E-state index contributed by atoms with van der Waals surface area (Å²) in [6.45, 7) is 1.19. The predicted molar refractivity (Wildman–Crippen MR) is 111 cm³/mol. The molecule has 2 N–H and O–H groups in total. The highest BCUT2D eigenvalue weighted by molar-refractivity contribution is 5.89. The summed E-state index contributed by atoms with van der Waals surface area (Å²) in [5, 5.41) is 9.79. The van der Waals surface area contributed by atoms with Gasteiger partial charge in [-0.3, -0.25) is 0 Å². The van der Waals surface area contributed by atoms with Crippen LogP contribution in [0.4, 0.5) is 10.5 Å². The van der Waals surface area contributed by atoms with Crippen molar-refractivity contribution >= 4 is 11.7 Å². The second-order valence-electron chi connectivity index (χ2n) is 6.56. The van der Waals surface area contributed by atoms with Gasteiger partial charge in [-0.15, -0.1) is 0 Å². The number of benzene rings is 1. The summed E-state index contributed by atoms with van der Waals surface area (Å²) in [7, 11) is 0. The molecule has 0 unspecified atom stereocenters. The molecule has 4 rings (SSSR count). The molecule has 0 spiro atoms. The van der Waals surface area contributed by atoms with Gasteiger partial charge in [-0.2, -0.15) is 5.10 Å². The molecule has 0 atom stereocenters. The maximum Gasteiger partial charge on any atom is 0.319 e. The van der Waals surface area contributed by atoms with Crippen LogP contribution in [0.2, 0.25) is 0 Å². The number of rotatable bonds is 8. The van der Waals surface area contributed by atoms with Gasteiger partial charge >= 0.3 is 6.03 Å². The number of amides is 2. The van der Waals surface area contributed by atoms with Gasteiger partial charge in [-0.25, -0.2) is 14.5 Å². The van der Waals surface area contributed by atoms with Crippen LogP contribution in [0.15, 0.2) is 83.9 Å². The smallest absolute Gasteiger partial charge is 0.319 e. The Hall–Kier alpha value is -3.91. The molecule has 0 aliphatic carbocycles. The van der Waals surface area contributed by atoms with E-state index < -0.39 is 0 Å². The number of nitrogens with one attached hydrogen (secondary N) is 2. The number of carbonyl (C=O) groups is 1. The van der Waals surface area contributed by atoms with Gasteiger partial charge in [-0.1, -0.05) is 18.2 Å². The molecule has 8 heteroatoms. The zero-order valence-corrected chi connectivity index (χ0v) is 16.2. The summed E-state index contributed by atoms with van der Waals surface area (Å²) in [4.78, 5) is 16.6. The zero-order chi connectivity index (χ0) is 20.6. The van der Waals surface area contributed by atoms with Crippen LogP contribution in [0.3, 0.4) is 0 Å². The van der Waals surface area contributed by atoms with Crippen molar-refractivity contribution in [1.29, 1.82) is 0 Å². The van der Waals surface area contributed by atoms with Crippen molar-refractivity contribution in [3.05, 3.63) is 96.3 Å². The molecule has 0 aliphatic heterocycles. The maximum absolute atomic E-state index is 12.2. The number of ether oxygens (including phenoxy) is 1. The lowest BCUT2D eigenvalue weighted by molar-refractivity contribution is 0.0930. The minimum absolute atomic E-state index is 0.292. The Kier molecular flexibility index (Phi) is 6.16. The van der Waals surface area contributed by atoms with Crippen molar-refractivity contribution < 1.29 is 13.9 Å². The fourth-order valence-electron chi connectivity index (χ4n) is 2.82. The molecule has 2 amide bonds. The Bertz CT molecular complexity index is 1060. The predicted octanol–water partition coefficient (Wildman–Crippen LogP) is 3.90. The van der Waals surface area contributed by atoms with E-state index >= 15 is 0 Å². The highest BCUT2D eigenvalue weighted by atomic mass is 16.5. The Labute approximate surface area is 173 Å². The van der Waals surface area contributed by atoms with Crippen molar-refractivity contribution in [3.8, 4) is 5.82 Å². The molecule has 0 saturated carbocycles. The van der Waals surface area contributed by atoms with E-state index in [0.29, 0.717) is 25.4 Å². The summed E-state index contributed by atoms with van der Waals surface area (Å²) >= 11 is 0. The second-order valence-corrected chi connectivity index (χ2v) is 6.56. The Morgan fingerprint density at radius 2 is 2.03 bits per heavy atom. The average molecular weight is 403 g/mol. The van der Waals surface area contributed by atoms with Crippen molar-refractivity contribution in [2.45, 2.75) is 19.8 Å². The molecule has 0 saturated heterocycles. The van der Waals surface area contributed by atoms with E-state index in [1.54, 1.807) is 23.3 Å². The van der Waals surface area contributed by atoms with Crippen LogP contribution in [-0.2, 0) is 24.5 Å². The average Bonchev–Trinajstić information content (AvgIpc) is 3.47. The van der Waals surface area contributed by atoms with Crippen LogP contribution in [0.5, 0.6) is 0 Å². The number of pyridine rings is 1. The minimum atomic E-state index is -0.292. The van der Waals surface area contributed by atoms with E-state index in [0.717, 1.165) is 22.7 Å². The fourth-order valence-corrected chi connectivity index (χ4v) is 2.82. The zero-order valence-electron chi connectivity index (χ0n) is 16.2. The van der Waals surface area contributed by atoms with Crippen LogP contribution in [0, 0.1) is 0 Å². The summed E-state index contributed by atoms with van der Waals surface area (Å²) in [5.74, 6) is 1.50. The molecule has 0 bridgehead atoms. The molecule has 3 aromatic heterocycles. The SMILES string of the molecule is O=C(NCc1ccc(-n2cccn2)nc1)Nc1cccc(COCc2ccco2)c1. The molecule has 30 heavy (non-hydrogen) atoms. The number of hydrogen-bond donors (Lipinski definition) is 2. The van der Waals surface area contributed by atoms with Crippen LogP contribution < -0.4 is 10.6 Å². The number of urea groups is 1. The van der Waals surface area contributed by atoms with Crippen LogP contribution >= 0.6 is 0 Å². The molecule has 0 fully saturated rings. The second kappa shape index (κ2) is 9.53. The molecule has 0 aliphatic rings. The highest BCUT2D eigenvalue weighted by Crippen LogP contribution is 2.13. The summed E-state index contributed by atoms with van der Waals surface area (Å²) in [5.41, 5.74) is 2.54. The van der Waals surface area contributed by atoms with Crippen molar-refractivity contribution in [2.24, 2.45) is 0 Å². The van der Waals surface area contributed by atoms with Gasteiger partial charge < -0.3 is 19.8 Å². The van der Waals surface area contributed by atoms with E-state index in [9.17, 15) is 4.79 Å². The molecule has 0 radical (unpaired) electrons. The van der Waals surface area contributed by atoms with E-state index in [-0.39, 0.29) is 6.03 Å². The lowest BCUT2D eigenvalue weighted by atomic mass is 10.2. The normalized spacial score (nSPS) is 10.7. The van der Waals surface area contributed by atoms with E-state index in [4.69, 9.17) is 9.15 Å². The number of nitrogens with zero attached hydrogens (tertiary/aromatic N) is 3. The van der Waals surface area contributed by atoms with Crippen molar-refractivity contribution in [2.75, 3.05) is 5.32 Å². The van der Waals surface area contributed by atoms with Gasteiger partial charge in [0.05, 0.1) is 12.9 Å².